The number of fused-ring (bicyclic) bond motifs is 11. The second-order valence-electron chi connectivity index (χ2n) is 14.9. The monoisotopic (exact) mass is 740 g/mol. The van der Waals surface area contributed by atoms with Crippen molar-refractivity contribution in [3.8, 4) is 67.9 Å². The summed E-state index contributed by atoms with van der Waals surface area (Å²) in [5, 5.41) is 3.27. The Balaban J connectivity index is 1.18. The third-order valence-corrected chi connectivity index (χ3v) is 11.9. The predicted molar refractivity (Wildman–Crippen MR) is 232 cm³/mol. The number of hydrogen-bond donors (Lipinski definition) is 0. The van der Waals surface area contributed by atoms with Gasteiger partial charge in [-0.15, -0.1) is 0 Å². The molecule has 2 aliphatic rings. The first-order chi connectivity index (χ1) is 28.8. The fraction of sp³-hybridized carbons (Fsp3) is 0.0189. The minimum Gasteiger partial charge on any atom is -0.455 e. The van der Waals surface area contributed by atoms with Crippen LogP contribution < -0.4 is 4.74 Å². The highest BCUT2D eigenvalue weighted by atomic mass is 16.5. The number of benzene rings is 8. The van der Waals surface area contributed by atoms with Crippen LogP contribution in [0.2, 0.25) is 0 Å². The van der Waals surface area contributed by atoms with Gasteiger partial charge in [0.2, 0.25) is 0 Å². The van der Waals surface area contributed by atoms with Crippen LogP contribution in [0, 0.1) is 0 Å². The van der Waals surface area contributed by atoms with Gasteiger partial charge in [0.05, 0.1) is 16.5 Å². The van der Waals surface area contributed by atoms with Crippen LogP contribution in [0.5, 0.6) is 11.5 Å². The van der Waals surface area contributed by atoms with Gasteiger partial charge in [0.1, 0.15) is 11.5 Å². The molecule has 0 atom stereocenters. The zero-order valence-electron chi connectivity index (χ0n) is 31.2. The van der Waals surface area contributed by atoms with Gasteiger partial charge in [-0.2, -0.15) is 0 Å². The Labute approximate surface area is 335 Å². The average molecular weight is 741 g/mol. The topological polar surface area (TPSA) is 60.8 Å². The number of pyridine rings is 1. The van der Waals surface area contributed by atoms with Crippen molar-refractivity contribution >= 4 is 21.7 Å². The average Bonchev–Trinajstić information content (AvgIpc) is 3.59. The lowest BCUT2D eigenvalue weighted by atomic mass is 9.65. The molecule has 0 fully saturated rings. The molecule has 270 valence electrons. The van der Waals surface area contributed by atoms with Crippen molar-refractivity contribution in [1.82, 2.24) is 19.9 Å². The van der Waals surface area contributed by atoms with Crippen molar-refractivity contribution in [3.05, 3.63) is 217 Å². The maximum absolute atomic E-state index is 7.45. The van der Waals surface area contributed by atoms with Crippen molar-refractivity contribution in [2.45, 2.75) is 5.41 Å². The number of para-hydroxylation sites is 3. The SMILES string of the molecule is c1ccc(-c2nc(-c3cccc4c3Oc3c(-c5cccc6cccnc56)cccc3C43c4ccccc4-c4ccccc43)nc(-c3cccc4ccccc34)n2)cc1. The molecule has 0 saturated heterocycles. The van der Waals surface area contributed by atoms with E-state index in [-0.39, 0.29) is 0 Å². The third kappa shape index (κ3) is 4.64. The maximum Gasteiger partial charge on any atom is 0.167 e. The minimum absolute atomic E-state index is 0.538. The molecule has 1 aliphatic carbocycles. The molecule has 0 N–H and O–H groups in total. The quantitative estimate of drug-likeness (QED) is 0.180. The lowest BCUT2D eigenvalue weighted by Crippen LogP contribution is -2.32. The Morgan fingerprint density at radius 2 is 0.845 bits per heavy atom. The van der Waals surface area contributed by atoms with E-state index in [0.717, 1.165) is 72.1 Å². The number of aromatic nitrogens is 4. The highest BCUT2D eigenvalue weighted by Gasteiger charge is 2.52. The molecular formula is C53H32N4O. The highest BCUT2D eigenvalue weighted by Crippen LogP contribution is 2.64. The molecule has 2 aromatic heterocycles. The lowest BCUT2D eigenvalue weighted by molar-refractivity contribution is 0.439. The molecule has 10 aromatic rings. The summed E-state index contributed by atoms with van der Waals surface area (Å²) in [6, 6.07) is 65.8. The van der Waals surface area contributed by atoms with Gasteiger partial charge in [0.15, 0.2) is 17.5 Å². The van der Waals surface area contributed by atoms with E-state index >= 15 is 0 Å². The minimum atomic E-state index is -0.701. The van der Waals surface area contributed by atoms with Crippen LogP contribution in [-0.2, 0) is 5.41 Å². The van der Waals surface area contributed by atoms with Gasteiger partial charge >= 0.3 is 0 Å². The van der Waals surface area contributed by atoms with Gasteiger partial charge in [0.25, 0.3) is 0 Å². The first-order valence-corrected chi connectivity index (χ1v) is 19.6. The summed E-state index contributed by atoms with van der Waals surface area (Å²) in [5.41, 5.74) is 11.8. The standard InChI is InChI=1S/C53H32N4O/c1-2-16-35(17-3-1)50-55-51(41-26-10-18-33-15-4-5-21-36(33)41)57-52(56-50)42-27-13-31-46-49(42)58-48-40(39-24-11-19-34-20-14-32-54-47(34)39)25-12-30-45(48)53(46)43-28-8-6-22-37(43)38-23-7-9-29-44(38)53/h1-32H. The number of nitrogens with zero attached hydrogens (tertiary/aromatic N) is 4. The zero-order chi connectivity index (χ0) is 38.2. The number of rotatable bonds is 4. The first-order valence-electron chi connectivity index (χ1n) is 19.6. The van der Waals surface area contributed by atoms with E-state index in [4.69, 9.17) is 24.7 Å². The Morgan fingerprint density at radius 1 is 0.345 bits per heavy atom. The summed E-state index contributed by atoms with van der Waals surface area (Å²) >= 11 is 0. The molecule has 0 amide bonds. The molecule has 5 nitrogen and oxygen atoms in total. The molecule has 8 aromatic carbocycles. The molecule has 1 spiro atoms. The maximum atomic E-state index is 7.45. The van der Waals surface area contributed by atoms with Gasteiger partial charge in [0, 0.05) is 45.0 Å². The fourth-order valence-electron chi connectivity index (χ4n) is 9.41. The van der Waals surface area contributed by atoms with Crippen LogP contribution in [0.4, 0.5) is 0 Å². The molecule has 5 heteroatoms. The normalized spacial score (nSPS) is 13.1. The summed E-state index contributed by atoms with van der Waals surface area (Å²) in [7, 11) is 0. The number of ether oxygens (including phenoxy) is 1. The molecule has 1 aliphatic heterocycles. The van der Waals surface area contributed by atoms with E-state index in [1.54, 1.807) is 0 Å². The molecular weight excluding hydrogens is 709 g/mol. The molecule has 58 heavy (non-hydrogen) atoms. The van der Waals surface area contributed by atoms with E-state index < -0.39 is 5.41 Å². The van der Waals surface area contributed by atoms with Crippen LogP contribution in [-0.4, -0.2) is 19.9 Å². The summed E-state index contributed by atoms with van der Waals surface area (Å²) in [5.74, 6) is 3.24. The Kier molecular flexibility index (Phi) is 7.07. The van der Waals surface area contributed by atoms with Crippen LogP contribution in [0.15, 0.2) is 194 Å². The van der Waals surface area contributed by atoms with Gasteiger partial charge in [-0.25, -0.2) is 15.0 Å². The highest BCUT2D eigenvalue weighted by molar-refractivity contribution is 5.98. The van der Waals surface area contributed by atoms with Crippen LogP contribution in [0.25, 0.3) is 78.1 Å². The second kappa shape index (κ2) is 12.6. The summed E-state index contributed by atoms with van der Waals surface area (Å²) < 4.78 is 7.45. The van der Waals surface area contributed by atoms with Crippen molar-refractivity contribution in [3.63, 3.8) is 0 Å². The van der Waals surface area contributed by atoms with Crippen LogP contribution in [0.3, 0.4) is 0 Å². The third-order valence-electron chi connectivity index (χ3n) is 11.9. The summed E-state index contributed by atoms with van der Waals surface area (Å²) in [4.78, 5) is 20.6. The van der Waals surface area contributed by atoms with Crippen molar-refractivity contribution < 1.29 is 4.74 Å². The van der Waals surface area contributed by atoms with E-state index in [9.17, 15) is 0 Å². The predicted octanol–water partition coefficient (Wildman–Crippen LogP) is 12.7. The summed E-state index contributed by atoms with van der Waals surface area (Å²) in [6.07, 6.45) is 1.86. The van der Waals surface area contributed by atoms with Crippen molar-refractivity contribution in [2.24, 2.45) is 0 Å². The van der Waals surface area contributed by atoms with Crippen LogP contribution in [0.1, 0.15) is 22.3 Å². The lowest BCUT2D eigenvalue weighted by Gasteiger charge is -2.40. The molecule has 0 radical (unpaired) electrons. The summed E-state index contributed by atoms with van der Waals surface area (Å²) in [6.45, 7) is 0. The Morgan fingerprint density at radius 3 is 1.62 bits per heavy atom. The van der Waals surface area contributed by atoms with E-state index in [2.05, 4.69) is 152 Å². The Hall–Kier alpha value is -7.76. The Bertz CT molecular complexity index is 3230. The molecule has 12 rings (SSSR count). The van der Waals surface area contributed by atoms with Gasteiger partial charge < -0.3 is 4.74 Å². The molecule has 0 saturated carbocycles. The van der Waals surface area contributed by atoms with Gasteiger partial charge in [-0.1, -0.05) is 176 Å². The van der Waals surface area contributed by atoms with Crippen molar-refractivity contribution in [2.75, 3.05) is 0 Å². The largest absolute Gasteiger partial charge is 0.455 e. The molecule has 3 heterocycles. The van der Waals surface area contributed by atoms with Crippen molar-refractivity contribution in [1.29, 1.82) is 0 Å². The molecule has 0 bridgehead atoms. The number of hydrogen-bond acceptors (Lipinski definition) is 5. The smallest absolute Gasteiger partial charge is 0.167 e. The fourth-order valence-corrected chi connectivity index (χ4v) is 9.41. The van der Waals surface area contributed by atoms with Gasteiger partial charge in [-0.3, -0.25) is 4.98 Å². The zero-order valence-corrected chi connectivity index (χ0v) is 31.2. The first kappa shape index (κ1) is 32.5. The van der Waals surface area contributed by atoms with Gasteiger partial charge in [-0.05, 0) is 45.2 Å². The van der Waals surface area contributed by atoms with E-state index in [0.29, 0.717) is 17.5 Å². The second-order valence-corrected chi connectivity index (χ2v) is 14.9. The van der Waals surface area contributed by atoms with E-state index in [1.165, 1.54) is 22.3 Å². The van der Waals surface area contributed by atoms with E-state index in [1.807, 2.05) is 42.6 Å². The molecule has 0 unspecified atom stereocenters. The van der Waals surface area contributed by atoms with Crippen LogP contribution >= 0.6 is 0 Å².